The van der Waals surface area contributed by atoms with Crippen molar-refractivity contribution in [1.29, 1.82) is 0 Å². The van der Waals surface area contributed by atoms with E-state index < -0.39 is 25.2 Å². The van der Waals surface area contributed by atoms with Crippen molar-refractivity contribution in [2.24, 2.45) is 0 Å². The molecule has 0 aliphatic heterocycles. The predicted molar refractivity (Wildman–Crippen MR) is 196 cm³/mol. The molecule has 0 aliphatic rings. The van der Waals surface area contributed by atoms with Gasteiger partial charge < -0.3 is 8.23 Å². The van der Waals surface area contributed by atoms with Crippen LogP contribution in [0.4, 0.5) is 0 Å². The Kier molecular flexibility index (Phi) is 9.16. The summed E-state index contributed by atoms with van der Waals surface area (Å²) in [7, 11) is -9.91. The zero-order valence-electron chi connectivity index (χ0n) is 25.2. The summed E-state index contributed by atoms with van der Waals surface area (Å²) in [6.45, 7) is 8.73. The van der Waals surface area contributed by atoms with Crippen molar-refractivity contribution >= 4 is 56.3 Å². The number of hydrogen-bond donors (Lipinski definition) is 0. The van der Waals surface area contributed by atoms with E-state index in [1.54, 1.807) is 0 Å². The molecular formula is C40H36O2Si3. The molecule has 0 N–H and O–H groups in total. The first-order chi connectivity index (χ1) is 22.2. The topological polar surface area (TPSA) is 18.5 Å². The Morgan fingerprint density at radius 3 is 0.889 bits per heavy atom. The smallest absolute Gasteiger partial charge is 0.387 e. The number of benzene rings is 6. The van der Waals surface area contributed by atoms with Crippen molar-refractivity contribution in [3.63, 3.8) is 0 Å². The zero-order chi connectivity index (χ0) is 31.0. The van der Waals surface area contributed by atoms with Gasteiger partial charge in [-0.25, -0.2) is 0 Å². The second-order valence-corrected chi connectivity index (χ2v) is 21.0. The maximum absolute atomic E-state index is 8.23. The lowest BCUT2D eigenvalue weighted by Crippen LogP contribution is -2.80. The number of rotatable bonds is 12. The fourth-order valence-corrected chi connectivity index (χ4v) is 20.6. The summed E-state index contributed by atoms with van der Waals surface area (Å²) in [5.41, 5.74) is 3.98. The van der Waals surface area contributed by atoms with Crippen LogP contribution in [0.15, 0.2) is 207 Å². The predicted octanol–water partition coefficient (Wildman–Crippen LogP) is 5.25. The molecule has 0 saturated heterocycles. The van der Waals surface area contributed by atoms with Gasteiger partial charge in [0, 0.05) is 0 Å². The normalized spacial score (nSPS) is 11.9. The first-order valence-electron chi connectivity index (χ1n) is 15.2. The Bertz CT molecular complexity index is 1670. The summed E-state index contributed by atoms with van der Waals surface area (Å²) >= 11 is 0. The third kappa shape index (κ3) is 5.80. The Labute approximate surface area is 270 Å². The van der Waals surface area contributed by atoms with Crippen molar-refractivity contribution in [1.82, 2.24) is 0 Å². The van der Waals surface area contributed by atoms with Gasteiger partial charge in [-0.2, -0.15) is 0 Å². The molecule has 0 unspecified atom stereocenters. The van der Waals surface area contributed by atoms with Crippen molar-refractivity contribution in [3.8, 4) is 0 Å². The van der Waals surface area contributed by atoms with Gasteiger partial charge in [-0.05, 0) is 31.1 Å². The maximum Gasteiger partial charge on any atom is 0.387 e. The fourth-order valence-electron chi connectivity index (χ4n) is 6.05. The zero-order valence-corrected chi connectivity index (χ0v) is 28.2. The molecule has 0 atom stereocenters. The van der Waals surface area contributed by atoms with Crippen molar-refractivity contribution in [2.45, 2.75) is 0 Å². The van der Waals surface area contributed by atoms with Crippen LogP contribution in [-0.2, 0) is 8.23 Å². The fraction of sp³-hybridized carbons (Fsp3) is 0. The van der Waals surface area contributed by atoms with Crippen LogP contribution < -0.4 is 31.1 Å². The summed E-state index contributed by atoms with van der Waals surface area (Å²) in [5.74, 6) is 0. The molecule has 0 saturated carbocycles. The number of hydrogen-bond acceptors (Lipinski definition) is 2. The largest absolute Gasteiger partial charge is 0.419 e. The summed E-state index contributed by atoms with van der Waals surface area (Å²) < 4.78 is 16.1. The van der Waals surface area contributed by atoms with Gasteiger partial charge in [-0.3, -0.25) is 0 Å². The average molecular weight is 633 g/mol. The molecule has 0 fully saturated rings. The highest BCUT2D eigenvalue weighted by Gasteiger charge is 2.56. The molecule has 6 aromatic rings. The second kappa shape index (κ2) is 13.6. The van der Waals surface area contributed by atoms with Gasteiger partial charge in [0.15, 0.2) is 0 Å². The minimum Gasteiger partial charge on any atom is -0.419 e. The molecular weight excluding hydrogens is 597 g/mol. The van der Waals surface area contributed by atoms with Crippen LogP contribution in [0.3, 0.4) is 0 Å². The van der Waals surface area contributed by atoms with E-state index >= 15 is 0 Å². The third-order valence-corrected chi connectivity index (χ3v) is 21.2. The average Bonchev–Trinajstić information content (AvgIpc) is 3.14. The van der Waals surface area contributed by atoms with Gasteiger partial charge in [-0.15, -0.1) is 13.2 Å². The lowest BCUT2D eigenvalue weighted by molar-refractivity contribution is 0.429. The molecule has 6 rings (SSSR count). The van der Waals surface area contributed by atoms with Crippen LogP contribution in [0, 0.1) is 0 Å². The summed E-state index contributed by atoms with van der Waals surface area (Å²) in [4.78, 5) is 0. The molecule has 0 spiro atoms. The van der Waals surface area contributed by atoms with Gasteiger partial charge in [0.1, 0.15) is 0 Å². The van der Waals surface area contributed by atoms with Gasteiger partial charge >= 0.3 is 8.56 Å². The molecule has 5 heteroatoms. The minimum atomic E-state index is -3.61. The van der Waals surface area contributed by atoms with E-state index in [2.05, 4.69) is 177 Å². The van der Waals surface area contributed by atoms with E-state index in [0.29, 0.717) is 0 Å². The Balaban J connectivity index is 1.74. The molecule has 0 amide bonds. The highest BCUT2D eigenvalue weighted by Crippen LogP contribution is 2.24. The van der Waals surface area contributed by atoms with Crippen LogP contribution >= 0.6 is 0 Å². The highest BCUT2D eigenvalue weighted by molar-refractivity contribution is 7.15. The van der Waals surface area contributed by atoms with E-state index in [9.17, 15) is 0 Å². The highest BCUT2D eigenvalue weighted by atomic mass is 28.5. The molecule has 0 bridgehead atoms. The van der Waals surface area contributed by atoms with E-state index in [0.717, 1.165) is 31.1 Å². The summed E-state index contributed by atoms with van der Waals surface area (Å²) in [6, 6.07) is 63.6. The van der Waals surface area contributed by atoms with Crippen molar-refractivity contribution in [3.05, 3.63) is 207 Å². The quantitative estimate of drug-likeness (QED) is 0.136. The Morgan fingerprint density at radius 2 is 0.600 bits per heavy atom. The molecule has 6 aromatic carbocycles. The van der Waals surface area contributed by atoms with E-state index in [4.69, 9.17) is 8.23 Å². The first-order valence-corrected chi connectivity index (χ1v) is 21.0. The van der Waals surface area contributed by atoms with Gasteiger partial charge in [0.05, 0.1) is 0 Å². The van der Waals surface area contributed by atoms with Crippen molar-refractivity contribution < 1.29 is 8.23 Å². The van der Waals surface area contributed by atoms with Crippen LogP contribution in [0.5, 0.6) is 0 Å². The molecule has 0 aliphatic carbocycles. The molecule has 0 heterocycles. The third-order valence-electron chi connectivity index (χ3n) is 8.29. The lowest BCUT2D eigenvalue weighted by Gasteiger charge is -2.46. The second-order valence-electron chi connectivity index (χ2n) is 10.9. The van der Waals surface area contributed by atoms with E-state index in [1.807, 2.05) is 29.6 Å². The maximum atomic E-state index is 8.23. The van der Waals surface area contributed by atoms with Crippen LogP contribution in [-0.4, -0.2) is 25.2 Å². The van der Waals surface area contributed by atoms with Crippen molar-refractivity contribution in [2.75, 3.05) is 0 Å². The molecule has 45 heavy (non-hydrogen) atoms. The lowest BCUT2D eigenvalue weighted by atomic mass is 10.3. The van der Waals surface area contributed by atoms with E-state index in [1.165, 1.54) is 0 Å². The van der Waals surface area contributed by atoms with Crippen LogP contribution in [0.2, 0.25) is 0 Å². The molecule has 0 aromatic heterocycles. The standard InChI is InChI=1S/C40H36O2Si3/c1-3-43(4-2,35-23-11-5-12-24-35)41-45(39-31-19-9-20-32-39,40-33-21-10-22-34-40)42-44(36-25-13-6-14-26-36,37-27-15-7-16-28-37)38-29-17-8-18-30-38/h3-34H,1-2H2. The summed E-state index contributed by atoms with van der Waals surface area (Å²) in [6.07, 6.45) is 0. The molecule has 220 valence electrons. The minimum absolute atomic E-state index is 1.03. The first kappa shape index (κ1) is 30.4. The molecule has 0 radical (unpaired) electrons. The molecule has 2 nitrogen and oxygen atoms in total. The summed E-state index contributed by atoms with van der Waals surface area (Å²) in [5, 5.41) is 6.60. The van der Waals surface area contributed by atoms with Gasteiger partial charge in [-0.1, -0.05) is 193 Å². The van der Waals surface area contributed by atoms with E-state index in [-0.39, 0.29) is 0 Å². The monoisotopic (exact) mass is 632 g/mol. The Morgan fingerprint density at radius 1 is 0.333 bits per heavy atom. The SMILES string of the molecule is C=C[Si](C=C)(O[Si](O[Si](c1ccccc1)(c1ccccc1)c1ccccc1)(c1ccccc1)c1ccccc1)c1ccccc1. The van der Waals surface area contributed by atoms with Gasteiger partial charge in [0.2, 0.25) is 0 Å². The Hall–Kier alpha value is -4.63. The van der Waals surface area contributed by atoms with Crippen LogP contribution in [0.1, 0.15) is 0 Å². The van der Waals surface area contributed by atoms with Crippen LogP contribution in [0.25, 0.3) is 0 Å². The van der Waals surface area contributed by atoms with Gasteiger partial charge in [0.25, 0.3) is 16.6 Å².